The van der Waals surface area contributed by atoms with E-state index in [0.29, 0.717) is 12.4 Å². The summed E-state index contributed by atoms with van der Waals surface area (Å²) in [6.45, 7) is 0. The molecule has 1 aliphatic carbocycles. The molecule has 2 aromatic heterocycles. The van der Waals surface area contributed by atoms with E-state index in [9.17, 15) is 4.79 Å². The van der Waals surface area contributed by atoms with Crippen LogP contribution in [0.1, 0.15) is 36.1 Å². The van der Waals surface area contributed by atoms with E-state index in [4.69, 9.17) is 4.42 Å². The highest BCUT2D eigenvalue weighted by atomic mass is 16.3. The number of aromatic nitrogens is 3. The summed E-state index contributed by atoms with van der Waals surface area (Å²) in [5, 5.41) is 7.63. The summed E-state index contributed by atoms with van der Waals surface area (Å²) in [6, 6.07) is 13.6. The van der Waals surface area contributed by atoms with Crippen molar-refractivity contribution in [3.8, 4) is 0 Å². The molecular formula is C21H18N4O2. The minimum absolute atomic E-state index is 0.0481. The van der Waals surface area contributed by atoms with E-state index in [1.54, 1.807) is 10.9 Å². The van der Waals surface area contributed by atoms with Gasteiger partial charge in [-0.25, -0.2) is 4.68 Å². The summed E-state index contributed by atoms with van der Waals surface area (Å²) in [5.74, 6) is 1.67. The van der Waals surface area contributed by atoms with Gasteiger partial charge in [-0.05, 0) is 24.1 Å². The Morgan fingerprint density at radius 3 is 2.85 bits per heavy atom. The maximum Gasteiger partial charge on any atom is 0.226 e. The molecule has 0 radical (unpaired) electrons. The van der Waals surface area contributed by atoms with E-state index < -0.39 is 0 Å². The zero-order valence-corrected chi connectivity index (χ0v) is 14.6. The number of allylic oxidation sites excluding steroid dienone is 3. The van der Waals surface area contributed by atoms with Gasteiger partial charge in [0.05, 0.1) is 6.26 Å². The van der Waals surface area contributed by atoms with Crippen molar-refractivity contribution in [3.63, 3.8) is 0 Å². The third kappa shape index (κ3) is 2.79. The van der Waals surface area contributed by atoms with Gasteiger partial charge in [0, 0.05) is 23.6 Å². The lowest BCUT2D eigenvalue weighted by molar-refractivity contribution is -0.116. The first-order valence-electron chi connectivity index (χ1n) is 8.99. The number of carbonyl (C=O) groups is 1. The van der Waals surface area contributed by atoms with Gasteiger partial charge in [0.15, 0.2) is 5.78 Å². The van der Waals surface area contributed by atoms with Crippen LogP contribution < -0.4 is 5.32 Å². The Hall–Kier alpha value is -3.41. The Balaban J connectivity index is 1.53. The SMILES string of the molecule is O=C1CC(c2ccco2)CC2=C1C(/C=C/c1ccccc1)n1ncnc1N2. The van der Waals surface area contributed by atoms with Crippen LogP contribution in [-0.2, 0) is 4.79 Å². The molecule has 0 saturated heterocycles. The number of ketones is 1. The Bertz CT molecular complexity index is 1030. The first kappa shape index (κ1) is 15.8. The summed E-state index contributed by atoms with van der Waals surface area (Å²) < 4.78 is 7.31. The minimum atomic E-state index is -0.260. The third-order valence-electron chi connectivity index (χ3n) is 5.12. The van der Waals surface area contributed by atoms with Crippen LogP contribution in [0.2, 0.25) is 0 Å². The molecule has 5 rings (SSSR count). The van der Waals surface area contributed by atoms with Crippen LogP contribution >= 0.6 is 0 Å². The van der Waals surface area contributed by atoms with Gasteiger partial charge in [0.2, 0.25) is 5.95 Å². The average Bonchev–Trinajstić information content (AvgIpc) is 3.37. The number of furan rings is 1. The molecule has 27 heavy (non-hydrogen) atoms. The van der Waals surface area contributed by atoms with Gasteiger partial charge >= 0.3 is 0 Å². The van der Waals surface area contributed by atoms with Crippen molar-refractivity contribution in [2.45, 2.75) is 24.8 Å². The molecule has 0 bridgehead atoms. The first-order chi connectivity index (χ1) is 13.3. The fourth-order valence-electron chi connectivity index (χ4n) is 3.86. The lowest BCUT2D eigenvalue weighted by Gasteiger charge is -2.33. The average molecular weight is 358 g/mol. The fourth-order valence-corrected chi connectivity index (χ4v) is 3.86. The number of benzene rings is 1. The van der Waals surface area contributed by atoms with E-state index in [1.165, 1.54) is 6.33 Å². The van der Waals surface area contributed by atoms with E-state index in [2.05, 4.69) is 15.4 Å². The number of nitrogens with zero attached hydrogens (tertiary/aromatic N) is 3. The number of carbonyl (C=O) groups excluding carboxylic acids is 1. The molecule has 3 aromatic rings. The van der Waals surface area contributed by atoms with Crippen LogP contribution in [0.4, 0.5) is 5.95 Å². The molecule has 0 amide bonds. The van der Waals surface area contributed by atoms with E-state index in [0.717, 1.165) is 29.0 Å². The molecule has 3 heterocycles. The van der Waals surface area contributed by atoms with Gasteiger partial charge in [-0.15, -0.1) is 0 Å². The number of Topliss-reactive ketones (excluding diaryl/α,β-unsaturated/α-hetero) is 1. The quantitative estimate of drug-likeness (QED) is 0.767. The molecule has 6 heteroatoms. The molecular weight excluding hydrogens is 340 g/mol. The van der Waals surface area contributed by atoms with Gasteiger partial charge in [-0.3, -0.25) is 4.79 Å². The lowest BCUT2D eigenvalue weighted by Crippen LogP contribution is -2.32. The second-order valence-corrected chi connectivity index (χ2v) is 6.80. The summed E-state index contributed by atoms with van der Waals surface area (Å²) in [7, 11) is 0. The summed E-state index contributed by atoms with van der Waals surface area (Å²) in [5.41, 5.74) is 2.76. The maximum atomic E-state index is 13.1. The van der Waals surface area contributed by atoms with Crippen molar-refractivity contribution < 1.29 is 9.21 Å². The molecule has 1 N–H and O–H groups in total. The van der Waals surface area contributed by atoms with Crippen LogP contribution in [0.15, 0.2) is 76.8 Å². The molecule has 0 fully saturated rings. The third-order valence-corrected chi connectivity index (χ3v) is 5.12. The molecule has 2 atom stereocenters. The van der Waals surface area contributed by atoms with Crippen LogP contribution in [0, 0.1) is 0 Å². The van der Waals surface area contributed by atoms with Crippen molar-refractivity contribution in [2.24, 2.45) is 0 Å². The number of rotatable bonds is 3. The molecule has 0 saturated carbocycles. The summed E-state index contributed by atoms with van der Waals surface area (Å²) in [6.07, 6.45) is 8.37. The van der Waals surface area contributed by atoms with Crippen LogP contribution in [-0.4, -0.2) is 20.5 Å². The molecule has 0 spiro atoms. The standard InChI is InChI=1S/C21H18N4O2/c26-18-12-15(19-7-4-10-27-19)11-16-20(18)17(25-21(24-16)22-13-23-25)9-8-14-5-2-1-3-6-14/h1-10,13,15,17H,11-12H2,(H,22,23,24)/b9-8+. The Morgan fingerprint density at radius 1 is 1.15 bits per heavy atom. The smallest absolute Gasteiger partial charge is 0.226 e. The maximum absolute atomic E-state index is 13.1. The predicted octanol–water partition coefficient (Wildman–Crippen LogP) is 3.95. The number of nitrogens with one attached hydrogen (secondary N) is 1. The molecule has 6 nitrogen and oxygen atoms in total. The van der Waals surface area contributed by atoms with Crippen molar-refractivity contribution >= 4 is 17.8 Å². The minimum Gasteiger partial charge on any atom is -0.469 e. The monoisotopic (exact) mass is 358 g/mol. The number of hydrogen-bond donors (Lipinski definition) is 1. The molecule has 1 aliphatic heterocycles. The zero-order chi connectivity index (χ0) is 18.2. The molecule has 2 unspecified atom stereocenters. The van der Waals surface area contributed by atoms with Gasteiger partial charge in [-0.2, -0.15) is 10.1 Å². The molecule has 134 valence electrons. The van der Waals surface area contributed by atoms with Crippen molar-refractivity contribution in [2.75, 3.05) is 5.32 Å². The van der Waals surface area contributed by atoms with Gasteiger partial charge in [-0.1, -0.05) is 42.5 Å². The van der Waals surface area contributed by atoms with Gasteiger partial charge in [0.25, 0.3) is 0 Å². The van der Waals surface area contributed by atoms with Crippen molar-refractivity contribution in [1.29, 1.82) is 0 Å². The summed E-state index contributed by atoms with van der Waals surface area (Å²) >= 11 is 0. The first-order valence-corrected chi connectivity index (χ1v) is 8.99. The largest absolute Gasteiger partial charge is 0.469 e. The zero-order valence-electron chi connectivity index (χ0n) is 14.6. The predicted molar refractivity (Wildman–Crippen MR) is 101 cm³/mol. The molecule has 1 aromatic carbocycles. The fraction of sp³-hybridized carbons (Fsp3) is 0.190. The van der Waals surface area contributed by atoms with E-state index in [1.807, 2.05) is 54.6 Å². The van der Waals surface area contributed by atoms with Crippen molar-refractivity contribution in [1.82, 2.24) is 14.8 Å². The van der Waals surface area contributed by atoms with Crippen molar-refractivity contribution in [3.05, 3.63) is 83.7 Å². The summed E-state index contributed by atoms with van der Waals surface area (Å²) in [4.78, 5) is 17.4. The highest BCUT2D eigenvalue weighted by Crippen LogP contribution is 2.42. The second-order valence-electron chi connectivity index (χ2n) is 6.80. The Morgan fingerprint density at radius 2 is 2.04 bits per heavy atom. The number of anilines is 1. The Kier molecular flexibility index (Phi) is 3.74. The van der Waals surface area contributed by atoms with Crippen LogP contribution in [0.5, 0.6) is 0 Å². The van der Waals surface area contributed by atoms with Gasteiger partial charge < -0.3 is 9.73 Å². The van der Waals surface area contributed by atoms with Gasteiger partial charge in [0.1, 0.15) is 18.1 Å². The van der Waals surface area contributed by atoms with Crippen LogP contribution in [0.25, 0.3) is 6.08 Å². The lowest BCUT2D eigenvalue weighted by atomic mass is 9.81. The highest BCUT2D eigenvalue weighted by Gasteiger charge is 2.38. The van der Waals surface area contributed by atoms with Crippen LogP contribution in [0.3, 0.4) is 0 Å². The van der Waals surface area contributed by atoms with E-state index >= 15 is 0 Å². The Labute approximate surface area is 156 Å². The normalized spacial score (nSPS) is 21.9. The van der Waals surface area contributed by atoms with E-state index in [-0.39, 0.29) is 17.7 Å². The number of fused-ring (bicyclic) bond motifs is 1. The highest BCUT2D eigenvalue weighted by molar-refractivity contribution is 6.00. The topological polar surface area (TPSA) is 73.0 Å². The number of hydrogen-bond acceptors (Lipinski definition) is 5. The molecule has 2 aliphatic rings. The second kappa shape index (κ2) is 6.39.